The quantitative estimate of drug-likeness (QED) is 0.350. The number of fused-ring (bicyclic) bond motifs is 1. The summed E-state index contributed by atoms with van der Waals surface area (Å²) in [6, 6.07) is 5.88. The summed E-state index contributed by atoms with van der Waals surface area (Å²) in [7, 11) is -4.40. The maximum atomic E-state index is 14.2. The molecule has 6 nitrogen and oxygen atoms in total. The molecule has 216 valence electrons. The van der Waals surface area contributed by atoms with Crippen LogP contribution in [0.3, 0.4) is 0 Å². The van der Waals surface area contributed by atoms with Crippen molar-refractivity contribution < 1.29 is 49.4 Å². The van der Waals surface area contributed by atoms with E-state index >= 15 is 0 Å². The lowest BCUT2D eigenvalue weighted by molar-refractivity contribution is -0.148. The molecule has 0 amide bonds. The number of aliphatic carboxylic acids is 1. The number of ether oxygens (including phenoxy) is 1. The summed E-state index contributed by atoms with van der Waals surface area (Å²) in [5.41, 5.74) is -3.17. The first-order valence-corrected chi connectivity index (χ1v) is 13.5. The predicted molar refractivity (Wildman–Crippen MR) is 132 cm³/mol. The molecule has 2 atom stereocenters. The minimum atomic E-state index is -5.03. The number of anilines is 2. The molecule has 2 aromatic rings. The molecule has 3 rings (SSSR count). The summed E-state index contributed by atoms with van der Waals surface area (Å²) in [4.78, 5) is 12.2. The third-order valence-corrected chi connectivity index (χ3v) is 9.10. The number of carboxylic acid groups (broad SMARTS) is 1. The molecule has 1 aliphatic heterocycles. The zero-order valence-electron chi connectivity index (χ0n) is 21.7. The number of carboxylic acids is 1. The molecule has 0 radical (unpaired) electrons. The minimum Gasteiger partial charge on any atom is -0.492 e. The van der Waals surface area contributed by atoms with E-state index < -0.39 is 79.5 Å². The Labute approximate surface area is 222 Å². The van der Waals surface area contributed by atoms with E-state index in [9.17, 15) is 44.7 Å². The van der Waals surface area contributed by atoms with Crippen LogP contribution in [0, 0.1) is 17.2 Å². The lowest BCUT2D eigenvalue weighted by Crippen LogP contribution is -2.33. The average Bonchev–Trinajstić information content (AvgIpc) is 2.88. The Bertz CT molecular complexity index is 1320. The van der Waals surface area contributed by atoms with Crippen LogP contribution in [-0.4, -0.2) is 43.8 Å². The van der Waals surface area contributed by atoms with Gasteiger partial charge < -0.3 is 14.7 Å². The summed E-state index contributed by atoms with van der Waals surface area (Å²) in [5, 5.41) is 8.05. The SMILES string of the molecule is C[C@@H]1[C@@H](CCC(C)(F)F)CN(c2ccc(F)cc2)c2cc(C(F)(F)F)c(OCC(C)(C)C(=O)O)cc2S1(=O)=O. The standard InChI is InChI=1S/C26H29F6NO5S/c1-15-16(9-10-25(4,28)29)13-33(18-7-5-17(27)6-8-18)20-11-19(26(30,31)32)21(12-22(20)39(15,36)37)38-14-24(2,3)23(34)35/h5-8,11-12,15-16H,9-10,13-14H2,1-4H3,(H,34,35)/t15-,16+/m1/s1. The van der Waals surface area contributed by atoms with E-state index in [0.29, 0.717) is 19.1 Å². The highest BCUT2D eigenvalue weighted by Crippen LogP contribution is 2.47. The van der Waals surface area contributed by atoms with Crippen LogP contribution in [0.15, 0.2) is 41.3 Å². The van der Waals surface area contributed by atoms with E-state index in [4.69, 9.17) is 4.74 Å². The molecule has 0 bridgehead atoms. The molecule has 1 aliphatic rings. The number of sulfone groups is 1. The van der Waals surface area contributed by atoms with Crippen LogP contribution in [-0.2, 0) is 20.8 Å². The lowest BCUT2D eigenvalue weighted by Gasteiger charge is -2.30. The lowest BCUT2D eigenvalue weighted by atomic mass is 9.95. The van der Waals surface area contributed by atoms with Crippen LogP contribution >= 0.6 is 0 Å². The Morgan fingerprint density at radius 3 is 2.18 bits per heavy atom. The van der Waals surface area contributed by atoms with Crippen molar-refractivity contribution in [3.63, 3.8) is 0 Å². The van der Waals surface area contributed by atoms with Crippen molar-refractivity contribution in [3.05, 3.63) is 47.8 Å². The Hall–Kier alpha value is -2.96. The highest BCUT2D eigenvalue weighted by atomic mass is 32.2. The van der Waals surface area contributed by atoms with Crippen molar-refractivity contribution in [2.24, 2.45) is 11.3 Å². The van der Waals surface area contributed by atoms with E-state index in [1.165, 1.54) is 37.8 Å². The molecule has 0 unspecified atom stereocenters. The third-order valence-electron chi connectivity index (χ3n) is 6.79. The molecule has 0 fully saturated rings. The first-order valence-electron chi connectivity index (χ1n) is 12.0. The normalized spacial score (nSPS) is 19.8. The van der Waals surface area contributed by atoms with Crippen LogP contribution in [0.25, 0.3) is 0 Å². The minimum absolute atomic E-state index is 0.156. The van der Waals surface area contributed by atoms with Crippen molar-refractivity contribution >= 4 is 27.2 Å². The fourth-order valence-corrected chi connectivity index (χ4v) is 6.08. The van der Waals surface area contributed by atoms with Crippen molar-refractivity contribution in [1.82, 2.24) is 0 Å². The van der Waals surface area contributed by atoms with Gasteiger partial charge in [-0.3, -0.25) is 4.79 Å². The van der Waals surface area contributed by atoms with Crippen LogP contribution in [0.4, 0.5) is 37.7 Å². The van der Waals surface area contributed by atoms with Gasteiger partial charge in [0.1, 0.15) is 18.2 Å². The number of benzene rings is 2. The van der Waals surface area contributed by atoms with Gasteiger partial charge in [0.25, 0.3) is 0 Å². The number of halogens is 6. The number of alkyl halides is 5. The van der Waals surface area contributed by atoms with E-state index in [1.807, 2.05) is 0 Å². The maximum absolute atomic E-state index is 14.2. The van der Waals surface area contributed by atoms with E-state index in [-0.39, 0.29) is 24.3 Å². The summed E-state index contributed by atoms with van der Waals surface area (Å²) >= 11 is 0. The number of nitrogens with zero attached hydrogens (tertiary/aromatic N) is 1. The van der Waals surface area contributed by atoms with E-state index in [1.54, 1.807) is 0 Å². The first kappa shape index (κ1) is 30.6. The zero-order valence-corrected chi connectivity index (χ0v) is 22.5. The van der Waals surface area contributed by atoms with E-state index in [0.717, 1.165) is 12.1 Å². The second-order valence-electron chi connectivity index (χ2n) is 10.5. The van der Waals surface area contributed by atoms with Gasteiger partial charge in [-0.2, -0.15) is 13.2 Å². The van der Waals surface area contributed by atoms with Crippen LogP contribution in [0.5, 0.6) is 5.75 Å². The van der Waals surface area contributed by atoms with Gasteiger partial charge in [-0.25, -0.2) is 21.6 Å². The smallest absolute Gasteiger partial charge is 0.420 e. The summed E-state index contributed by atoms with van der Waals surface area (Å²) in [6.07, 6.45) is -5.94. The second-order valence-corrected chi connectivity index (χ2v) is 12.8. The molecule has 0 aromatic heterocycles. The van der Waals surface area contributed by atoms with Crippen molar-refractivity contribution in [1.29, 1.82) is 0 Å². The number of hydrogen-bond donors (Lipinski definition) is 1. The summed E-state index contributed by atoms with van der Waals surface area (Å²) in [6.45, 7) is 3.52. The predicted octanol–water partition coefficient (Wildman–Crippen LogP) is 6.70. The van der Waals surface area contributed by atoms with Crippen molar-refractivity contribution in [3.8, 4) is 5.75 Å². The number of rotatable bonds is 8. The molecule has 1 heterocycles. The largest absolute Gasteiger partial charge is 0.492 e. The monoisotopic (exact) mass is 581 g/mol. The van der Waals surface area contributed by atoms with Gasteiger partial charge in [-0.1, -0.05) is 0 Å². The average molecular weight is 582 g/mol. The molecule has 0 saturated heterocycles. The van der Waals surface area contributed by atoms with Gasteiger partial charge in [0.05, 0.1) is 26.8 Å². The fourth-order valence-electron chi connectivity index (χ4n) is 4.21. The van der Waals surface area contributed by atoms with Gasteiger partial charge in [-0.15, -0.1) is 0 Å². The molecule has 39 heavy (non-hydrogen) atoms. The van der Waals surface area contributed by atoms with Crippen LogP contribution in [0.2, 0.25) is 0 Å². The highest BCUT2D eigenvalue weighted by Gasteiger charge is 2.44. The molecule has 1 N–H and O–H groups in total. The maximum Gasteiger partial charge on any atom is 0.420 e. The Kier molecular flexibility index (Phi) is 8.27. The third kappa shape index (κ3) is 6.79. The molecule has 2 aromatic carbocycles. The first-order chi connectivity index (χ1) is 17.7. The van der Waals surface area contributed by atoms with Gasteiger partial charge in [-0.05, 0) is 70.4 Å². The number of hydrogen-bond acceptors (Lipinski definition) is 5. The van der Waals surface area contributed by atoms with Crippen LogP contribution in [0.1, 0.15) is 46.1 Å². The molecule has 13 heteroatoms. The van der Waals surface area contributed by atoms with Gasteiger partial charge in [0.15, 0.2) is 9.84 Å². The highest BCUT2D eigenvalue weighted by molar-refractivity contribution is 7.92. The van der Waals surface area contributed by atoms with E-state index in [2.05, 4.69) is 0 Å². The number of carbonyl (C=O) groups is 1. The van der Waals surface area contributed by atoms with Crippen molar-refractivity contribution in [2.75, 3.05) is 18.1 Å². The van der Waals surface area contributed by atoms with Crippen LogP contribution < -0.4 is 9.64 Å². The van der Waals surface area contributed by atoms with Gasteiger partial charge >= 0.3 is 12.1 Å². The molecule has 0 saturated carbocycles. The summed E-state index contributed by atoms with van der Waals surface area (Å²) in [5.74, 6) is -6.90. The topological polar surface area (TPSA) is 83.9 Å². The molecule has 0 aliphatic carbocycles. The Morgan fingerprint density at radius 1 is 1.08 bits per heavy atom. The fraction of sp³-hybridized carbons (Fsp3) is 0.500. The molecule has 0 spiro atoms. The zero-order chi connectivity index (χ0) is 29.6. The van der Waals surface area contributed by atoms with Gasteiger partial charge in [0, 0.05) is 24.7 Å². The second kappa shape index (κ2) is 10.5. The van der Waals surface area contributed by atoms with Gasteiger partial charge in [0.2, 0.25) is 5.92 Å². The Morgan fingerprint density at radius 2 is 1.67 bits per heavy atom. The summed E-state index contributed by atoms with van der Waals surface area (Å²) < 4.78 is 116. The molecular formula is C26H29F6NO5S. The van der Waals surface area contributed by atoms with Crippen molar-refractivity contribution in [2.45, 2.75) is 62.8 Å². The molecular weight excluding hydrogens is 552 g/mol. The Balaban J connectivity index is 2.26.